The molecule has 0 bridgehead atoms. The van der Waals surface area contributed by atoms with E-state index in [0.29, 0.717) is 17.0 Å². The Hall–Kier alpha value is -1.93. The van der Waals surface area contributed by atoms with Crippen molar-refractivity contribution in [2.45, 2.75) is 32.5 Å². The lowest BCUT2D eigenvalue weighted by Gasteiger charge is -2.21. The molecule has 1 aromatic carbocycles. The van der Waals surface area contributed by atoms with Crippen LogP contribution in [0, 0.1) is 0 Å². The predicted molar refractivity (Wildman–Crippen MR) is 78.2 cm³/mol. The lowest BCUT2D eigenvalue weighted by Crippen LogP contribution is -2.35. The number of hydrogen-bond donors (Lipinski definition) is 2. The summed E-state index contributed by atoms with van der Waals surface area (Å²) in [6.45, 7) is 5.69. The van der Waals surface area contributed by atoms with Gasteiger partial charge in [-0.25, -0.2) is 4.79 Å². The second-order valence-electron chi connectivity index (χ2n) is 6.16. The van der Waals surface area contributed by atoms with Crippen LogP contribution in [0.25, 0.3) is 0 Å². The molecule has 1 atom stereocenters. The van der Waals surface area contributed by atoms with Crippen molar-refractivity contribution in [1.29, 1.82) is 0 Å². The molecule has 3 rings (SSSR count). The topological polar surface area (TPSA) is 86.3 Å². The highest BCUT2D eigenvalue weighted by atomic mass is 16.7. The van der Waals surface area contributed by atoms with Crippen LogP contribution in [0.4, 0.5) is 4.79 Å². The minimum Gasteiger partial charge on any atom is -0.454 e. The smallest absolute Gasteiger partial charge is 0.454 e. The number of carbonyl (C=O) groups is 1. The number of benzene rings is 1. The van der Waals surface area contributed by atoms with Crippen LogP contribution in [-0.4, -0.2) is 37.2 Å². The Morgan fingerprint density at radius 3 is 2.95 bits per heavy atom. The summed E-state index contributed by atoms with van der Waals surface area (Å²) in [5, 5.41) is 12.7. The molecule has 0 fully saturated rings. The quantitative estimate of drug-likeness (QED) is 0.782. The highest BCUT2D eigenvalue weighted by Gasteiger charge is 2.40. The van der Waals surface area contributed by atoms with Crippen molar-refractivity contribution in [2.24, 2.45) is 0 Å². The molecule has 2 heterocycles. The Kier molecular flexibility index (Phi) is 3.66. The normalized spacial score (nSPS) is 19.1. The van der Waals surface area contributed by atoms with Crippen LogP contribution in [0.2, 0.25) is 0 Å². The maximum Gasteiger partial charge on any atom is 0.496 e. The van der Waals surface area contributed by atoms with Gasteiger partial charge in [-0.05, 0) is 32.4 Å². The van der Waals surface area contributed by atoms with Crippen molar-refractivity contribution >= 4 is 18.7 Å². The predicted octanol–water partition coefficient (Wildman–Crippen LogP) is 0.699. The summed E-state index contributed by atoms with van der Waals surface area (Å²) in [4.78, 5) is 11.7. The number of rotatable bonds is 2. The maximum absolute atomic E-state index is 11.7. The van der Waals surface area contributed by atoms with E-state index in [-0.39, 0.29) is 13.3 Å². The lowest BCUT2D eigenvalue weighted by atomic mass is 9.78. The highest BCUT2D eigenvalue weighted by molar-refractivity contribution is 6.63. The Morgan fingerprint density at radius 1 is 1.45 bits per heavy atom. The van der Waals surface area contributed by atoms with Crippen LogP contribution in [0.3, 0.4) is 0 Å². The first-order valence-corrected chi connectivity index (χ1v) is 7.08. The Labute approximate surface area is 128 Å². The third-order valence-corrected chi connectivity index (χ3v) is 3.33. The van der Waals surface area contributed by atoms with Crippen LogP contribution < -0.4 is 20.3 Å². The summed E-state index contributed by atoms with van der Waals surface area (Å²) in [7, 11) is -1.10. The van der Waals surface area contributed by atoms with Crippen molar-refractivity contribution in [3.8, 4) is 11.5 Å². The molecular formula is C14H18BNO6. The number of alkyl carbamates (subject to hydrolysis) is 1. The number of ether oxygens (including phenoxy) is 3. The number of carbonyl (C=O) groups excluding carboxylic acids is 1. The zero-order valence-electron chi connectivity index (χ0n) is 12.7. The summed E-state index contributed by atoms with van der Waals surface area (Å²) in [6, 6.07) is 3.57. The molecule has 1 aromatic rings. The van der Waals surface area contributed by atoms with Gasteiger partial charge in [-0.15, -0.1) is 0 Å². The van der Waals surface area contributed by atoms with E-state index in [2.05, 4.69) is 5.32 Å². The van der Waals surface area contributed by atoms with E-state index in [9.17, 15) is 9.82 Å². The molecule has 7 nitrogen and oxygen atoms in total. The van der Waals surface area contributed by atoms with Crippen LogP contribution in [-0.2, 0) is 9.39 Å². The van der Waals surface area contributed by atoms with Crippen LogP contribution in [0.15, 0.2) is 12.1 Å². The fourth-order valence-corrected chi connectivity index (χ4v) is 2.49. The molecule has 2 aliphatic rings. The van der Waals surface area contributed by atoms with Gasteiger partial charge in [0.25, 0.3) is 0 Å². The van der Waals surface area contributed by atoms with E-state index in [1.165, 1.54) is 0 Å². The molecule has 0 aromatic heterocycles. The molecule has 2 N–H and O–H groups in total. The first-order chi connectivity index (χ1) is 10.3. The van der Waals surface area contributed by atoms with Crippen molar-refractivity contribution < 1.29 is 28.7 Å². The number of amides is 1. The first-order valence-electron chi connectivity index (χ1n) is 7.08. The zero-order valence-corrected chi connectivity index (χ0v) is 12.7. The Morgan fingerprint density at radius 2 is 2.23 bits per heavy atom. The van der Waals surface area contributed by atoms with E-state index in [1.54, 1.807) is 32.9 Å². The van der Waals surface area contributed by atoms with E-state index in [0.717, 1.165) is 5.56 Å². The van der Waals surface area contributed by atoms with E-state index in [4.69, 9.17) is 18.9 Å². The van der Waals surface area contributed by atoms with Gasteiger partial charge in [0.1, 0.15) is 5.60 Å². The van der Waals surface area contributed by atoms with Gasteiger partial charge in [0.2, 0.25) is 6.79 Å². The van der Waals surface area contributed by atoms with Gasteiger partial charge < -0.3 is 29.2 Å². The molecule has 0 saturated heterocycles. The summed E-state index contributed by atoms with van der Waals surface area (Å²) in [5.41, 5.74) is 0.767. The molecule has 1 unspecified atom stereocenters. The Balaban J connectivity index is 1.70. The fourth-order valence-electron chi connectivity index (χ4n) is 2.49. The summed E-state index contributed by atoms with van der Waals surface area (Å²) in [6.07, 6.45) is -0.994. The van der Waals surface area contributed by atoms with Crippen molar-refractivity contribution in [3.63, 3.8) is 0 Å². The van der Waals surface area contributed by atoms with E-state index < -0.39 is 24.9 Å². The highest BCUT2D eigenvalue weighted by Crippen LogP contribution is 2.36. The molecule has 2 aliphatic heterocycles. The fraction of sp³-hybridized carbons (Fsp3) is 0.500. The maximum atomic E-state index is 11.7. The van der Waals surface area contributed by atoms with Gasteiger partial charge in [-0.2, -0.15) is 0 Å². The molecule has 0 radical (unpaired) electrons. The van der Waals surface area contributed by atoms with Crippen LogP contribution in [0.1, 0.15) is 32.4 Å². The number of hydrogen-bond acceptors (Lipinski definition) is 6. The number of fused-ring (bicyclic) bond motifs is 3. The second-order valence-corrected chi connectivity index (χ2v) is 6.16. The van der Waals surface area contributed by atoms with Gasteiger partial charge >= 0.3 is 13.2 Å². The Bertz CT molecular complexity index is 600. The molecule has 0 aliphatic carbocycles. The molecule has 8 heteroatoms. The van der Waals surface area contributed by atoms with E-state index in [1.807, 2.05) is 0 Å². The van der Waals surface area contributed by atoms with Gasteiger partial charge in [-0.1, -0.05) is 6.07 Å². The molecular weight excluding hydrogens is 289 g/mol. The molecule has 0 spiro atoms. The average Bonchev–Trinajstić information content (AvgIpc) is 2.98. The SMILES string of the molecule is CC(C)(C)OC(=O)NCC1OB(O)c2c1ccc1c2OCO1. The first kappa shape index (κ1) is 15.0. The number of nitrogens with one attached hydrogen (secondary N) is 1. The third kappa shape index (κ3) is 2.84. The van der Waals surface area contributed by atoms with Crippen molar-refractivity contribution in [2.75, 3.05) is 13.3 Å². The van der Waals surface area contributed by atoms with Crippen molar-refractivity contribution in [3.05, 3.63) is 17.7 Å². The minimum absolute atomic E-state index is 0.124. The van der Waals surface area contributed by atoms with Gasteiger partial charge in [-0.3, -0.25) is 0 Å². The van der Waals surface area contributed by atoms with Gasteiger partial charge in [0.15, 0.2) is 11.5 Å². The van der Waals surface area contributed by atoms with Gasteiger partial charge in [0, 0.05) is 12.0 Å². The molecule has 22 heavy (non-hydrogen) atoms. The molecule has 1 amide bonds. The lowest BCUT2D eigenvalue weighted by molar-refractivity contribution is 0.0498. The third-order valence-electron chi connectivity index (χ3n) is 3.33. The van der Waals surface area contributed by atoms with Gasteiger partial charge in [0.05, 0.1) is 6.10 Å². The average molecular weight is 307 g/mol. The standard InChI is InChI=1S/C14H18BNO6/c1-14(2,3)21-13(17)16-6-10-8-4-5-9-12(20-7-19-9)11(8)15(18)22-10/h4-5,10,18H,6-7H2,1-3H3,(H,16,17). The van der Waals surface area contributed by atoms with Crippen molar-refractivity contribution in [1.82, 2.24) is 5.32 Å². The van der Waals surface area contributed by atoms with Crippen LogP contribution in [0.5, 0.6) is 11.5 Å². The van der Waals surface area contributed by atoms with Crippen LogP contribution >= 0.6 is 0 Å². The molecule has 118 valence electrons. The van der Waals surface area contributed by atoms with E-state index >= 15 is 0 Å². The summed E-state index contributed by atoms with van der Waals surface area (Å²) in [5.74, 6) is 1.09. The largest absolute Gasteiger partial charge is 0.496 e. The zero-order chi connectivity index (χ0) is 15.9. The summed E-state index contributed by atoms with van der Waals surface area (Å²) < 4.78 is 21.3. The molecule has 0 saturated carbocycles. The summed E-state index contributed by atoms with van der Waals surface area (Å²) >= 11 is 0. The minimum atomic E-state index is -1.10. The monoisotopic (exact) mass is 307 g/mol. The second kappa shape index (κ2) is 5.37.